The number of Topliss-reactive ketones (excluding diaryl/α,β-unsaturated/α-hetero) is 2. The Morgan fingerprint density at radius 3 is 2.52 bits per heavy atom. The first-order chi connectivity index (χ1) is 19.1. The first kappa shape index (κ1) is 28.1. The maximum Gasteiger partial charge on any atom is 0.243 e. The lowest BCUT2D eigenvalue weighted by Gasteiger charge is -2.26. The lowest BCUT2D eigenvalue weighted by molar-refractivity contribution is -0.116. The van der Waals surface area contributed by atoms with Crippen LogP contribution in [0.2, 0.25) is 0 Å². The van der Waals surface area contributed by atoms with Gasteiger partial charge in [0, 0.05) is 73.8 Å². The zero-order valence-electron chi connectivity index (χ0n) is 22.0. The van der Waals surface area contributed by atoms with Crippen LogP contribution in [0.1, 0.15) is 52.6 Å². The molecule has 1 aromatic heterocycles. The zero-order chi connectivity index (χ0) is 28.4. The summed E-state index contributed by atoms with van der Waals surface area (Å²) in [5, 5.41) is 10.7. The molecule has 0 bridgehead atoms. The summed E-state index contributed by atoms with van der Waals surface area (Å²) >= 11 is 0. The number of sulfonamides is 1. The fraction of sp³-hybridized carbons (Fsp3) is 0.393. The number of nitrogens with zero attached hydrogens (tertiary/aromatic N) is 2. The van der Waals surface area contributed by atoms with Crippen LogP contribution in [-0.2, 0) is 45.4 Å². The van der Waals surface area contributed by atoms with Gasteiger partial charge in [0.1, 0.15) is 17.4 Å². The van der Waals surface area contributed by atoms with Crippen LogP contribution in [0.5, 0.6) is 0 Å². The van der Waals surface area contributed by atoms with Gasteiger partial charge in [-0.05, 0) is 49.6 Å². The van der Waals surface area contributed by atoms with Gasteiger partial charge in [-0.3, -0.25) is 14.7 Å². The number of ketones is 2. The number of ether oxygens (including phenoxy) is 1. The highest BCUT2D eigenvalue weighted by Crippen LogP contribution is 2.29. The van der Waals surface area contributed by atoms with E-state index in [1.807, 2.05) is 6.07 Å². The number of nitrogens with one attached hydrogen (secondary N) is 2. The molecule has 12 heteroatoms. The molecule has 0 atom stereocenters. The average molecular weight is 573 g/mol. The van der Waals surface area contributed by atoms with E-state index >= 15 is 0 Å². The fourth-order valence-corrected chi connectivity index (χ4v) is 6.62. The quantitative estimate of drug-likeness (QED) is 0.376. The second-order valence-electron chi connectivity index (χ2n) is 10.2. The Morgan fingerprint density at radius 2 is 1.82 bits per heavy atom. The van der Waals surface area contributed by atoms with E-state index < -0.39 is 26.6 Å². The minimum absolute atomic E-state index is 0.0136. The van der Waals surface area contributed by atoms with Crippen molar-refractivity contribution in [3.63, 3.8) is 0 Å². The second kappa shape index (κ2) is 11.6. The molecule has 9 nitrogen and oxygen atoms in total. The molecular weight excluding hydrogens is 542 g/mol. The Hall–Kier alpha value is -3.48. The topological polar surface area (TPSA) is 121 Å². The third-order valence-corrected chi connectivity index (χ3v) is 9.03. The number of halogens is 2. The van der Waals surface area contributed by atoms with Crippen LogP contribution in [0, 0.1) is 11.6 Å². The van der Waals surface area contributed by atoms with Gasteiger partial charge in [-0.25, -0.2) is 17.2 Å². The number of aromatic nitrogens is 2. The van der Waals surface area contributed by atoms with Gasteiger partial charge < -0.3 is 10.1 Å². The highest BCUT2D eigenvalue weighted by Gasteiger charge is 2.32. The van der Waals surface area contributed by atoms with Crippen molar-refractivity contribution in [1.82, 2.24) is 14.5 Å². The second-order valence-corrected chi connectivity index (χ2v) is 12.1. The standard InChI is InChI=1S/C28H30F2N4O5S/c1-17(35)10-18-2-3-23(26(11-18)31-21-5-8-39-9-6-21)28(36)15-27-24-16-34(7-4-25(24)32-33-27)40(37,38)22-13-19(29)12-20(30)14-22/h2-3,11-14,21,31H,4-10,15-16H2,1H3,(H,32,33). The number of H-pyrrole nitrogens is 1. The van der Waals surface area contributed by atoms with E-state index in [-0.39, 0.29) is 43.5 Å². The van der Waals surface area contributed by atoms with Crippen molar-refractivity contribution in [2.45, 2.75) is 56.5 Å². The molecule has 2 aliphatic rings. The molecule has 0 unspecified atom stereocenters. The summed E-state index contributed by atoms with van der Waals surface area (Å²) in [5.41, 5.74) is 3.59. The van der Waals surface area contributed by atoms with Gasteiger partial charge in [0.25, 0.3) is 0 Å². The number of hydrogen-bond acceptors (Lipinski definition) is 7. The summed E-state index contributed by atoms with van der Waals surface area (Å²) in [4.78, 5) is 24.8. The molecule has 0 spiro atoms. The van der Waals surface area contributed by atoms with Crippen LogP contribution in [0.3, 0.4) is 0 Å². The Kier molecular flexibility index (Phi) is 8.11. The van der Waals surface area contributed by atoms with Crippen LogP contribution in [0.25, 0.3) is 0 Å². The molecule has 0 amide bonds. The third-order valence-electron chi connectivity index (χ3n) is 7.20. The van der Waals surface area contributed by atoms with Gasteiger partial charge in [-0.2, -0.15) is 9.40 Å². The number of aromatic amines is 1. The molecule has 2 N–H and O–H groups in total. The third kappa shape index (κ3) is 6.13. The molecule has 40 heavy (non-hydrogen) atoms. The number of benzene rings is 2. The normalized spacial score (nSPS) is 16.5. The summed E-state index contributed by atoms with van der Waals surface area (Å²) < 4.78 is 60.4. The van der Waals surface area contributed by atoms with Gasteiger partial charge in [-0.15, -0.1) is 0 Å². The lowest BCUT2D eigenvalue weighted by Crippen LogP contribution is -2.36. The summed E-state index contributed by atoms with van der Waals surface area (Å²) in [5.74, 6) is -2.17. The van der Waals surface area contributed by atoms with Crippen molar-refractivity contribution < 1.29 is 31.5 Å². The van der Waals surface area contributed by atoms with Gasteiger partial charge in [-0.1, -0.05) is 6.07 Å². The molecular formula is C28H30F2N4O5S. The maximum atomic E-state index is 13.7. The Morgan fingerprint density at radius 1 is 1.10 bits per heavy atom. The maximum absolute atomic E-state index is 13.7. The van der Waals surface area contributed by atoms with Crippen molar-refractivity contribution in [2.24, 2.45) is 0 Å². The van der Waals surface area contributed by atoms with E-state index in [1.165, 1.54) is 6.92 Å². The SMILES string of the molecule is CC(=O)Cc1ccc(C(=O)Cc2n[nH]c3c2CN(S(=O)(=O)c2cc(F)cc(F)c2)CC3)c(NC2CCOCC2)c1. The summed E-state index contributed by atoms with van der Waals surface area (Å²) in [6, 6.07) is 7.61. The van der Waals surface area contributed by atoms with Gasteiger partial charge >= 0.3 is 0 Å². The predicted octanol–water partition coefficient (Wildman–Crippen LogP) is 3.58. The van der Waals surface area contributed by atoms with Gasteiger partial charge in [0.15, 0.2) is 5.78 Å². The molecule has 3 heterocycles. The van der Waals surface area contributed by atoms with Crippen LogP contribution < -0.4 is 5.32 Å². The molecule has 1 fully saturated rings. The fourth-order valence-electron chi connectivity index (χ4n) is 5.17. The minimum Gasteiger partial charge on any atom is -0.382 e. The molecule has 2 aliphatic heterocycles. The van der Waals surface area contributed by atoms with Crippen molar-refractivity contribution in [2.75, 3.05) is 25.1 Å². The number of carbonyl (C=O) groups is 2. The Bertz CT molecular complexity index is 1530. The van der Waals surface area contributed by atoms with Crippen molar-refractivity contribution in [3.05, 3.63) is 76.1 Å². The monoisotopic (exact) mass is 572 g/mol. The molecule has 2 aromatic carbocycles. The van der Waals surface area contributed by atoms with E-state index in [4.69, 9.17) is 4.74 Å². The van der Waals surface area contributed by atoms with Crippen LogP contribution in [0.15, 0.2) is 41.3 Å². The Labute approximate surface area is 231 Å². The molecule has 1 saturated heterocycles. The predicted molar refractivity (Wildman–Crippen MR) is 143 cm³/mol. The van der Waals surface area contributed by atoms with Crippen LogP contribution in [-0.4, -0.2) is 60.3 Å². The smallest absolute Gasteiger partial charge is 0.243 e. The van der Waals surface area contributed by atoms with Crippen molar-refractivity contribution in [3.8, 4) is 0 Å². The number of anilines is 1. The minimum atomic E-state index is -4.18. The van der Waals surface area contributed by atoms with E-state index in [0.29, 0.717) is 48.2 Å². The molecule has 0 aliphatic carbocycles. The van der Waals surface area contributed by atoms with Gasteiger partial charge in [0.2, 0.25) is 10.0 Å². The zero-order valence-corrected chi connectivity index (χ0v) is 22.8. The van der Waals surface area contributed by atoms with E-state index in [0.717, 1.165) is 40.5 Å². The molecule has 0 radical (unpaired) electrons. The first-order valence-corrected chi connectivity index (χ1v) is 14.5. The van der Waals surface area contributed by atoms with Crippen LogP contribution >= 0.6 is 0 Å². The number of fused-ring (bicyclic) bond motifs is 1. The highest BCUT2D eigenvalue weighted by molar-refractivity contribution is 7.89. The first-order valence-electron chi connectivity index (χ1n) is 13.1. The number of rotatable bonds is 9. The Balaban J connectivity index is 1.38. The number of hydrogen-bond donors (Lipinski definition) is 2. The summed E-state index contributed by atoms with van der Waals surface area (Å²) in [6.45, 7) is 2.77. The molecule has 5 rings (SSSR count). The lowest BCUT2D eigenvalue weighted by atomic mass is 9.97. The molecule has 3 aromatic rings. The molecule has 0 saturated carbocycles. The van der Waals surface area contributed by atoms with Crippen molar-refractivity contribution >= 4 is 27.3 Å². The molecule has 212 valence electrons. The van der Waals surface area contributed by atoms with Crippen LogP contribution in [0.4, 0.5) is 14.5 Å². The van der Waals surface area contributed by atoms with E-state index in [1.54, 1.807) is 12.1 Å². The van der Waals surface area contributed by atoms with Gasteiger partial charge in [0.05, 0.1) is 17.0 Å². The van der Waals surface area contributed by atoms with E-state index in [9.17, 15) is 26.8 Å². The highest BCUT2D eigenvalue weighted by atomic mass is 32.2. The van der Waals surface area contributed by atoms with Crippen molar-refractivity contribution in [1.29, 1.82) is 0 Å². The summed E-state index contributed by atoms with van der Waals surface area (Å²) in [7, 11) is -4.18. The number of carbonyl (C=O) groups excluding carboxylic acids is 2. The van der Waals surface area contributed by atoms with E-state index in [2.05, 4.69) is 15.5 Å². The largest absolute Gasteiger partial charge is 0.382 e. The average Bonchev–Trinajstić information content (AvgIpc) is 3.30. The summed E-state index contributed by atoms with van der Waals surface area (Å²) in [6.07, 6.45) is 2.06.